The monoisotopic (exact) mass is 154 g/mol. The van der Waals surface area contributed by atoms with Crippen molar-refractivity contribution >= 4 is 0 Å². The Balaban J connectivity index is 0. The van der Waals surface area contributed by atoms with Crippen molar-refractivity contribution in [2.45, 2.75) is 46.5 Å². The van der Waals surface area contributed by atoms with Gasteiger partial charge in [0.1, 0.15) is 0 Å². The van der Waals surface area contributed by atoms with Gasteiger partial charge in [0, 0.05) is 0 Å². The molecule has 0 N–H and O–H groups in total. The number of rotatable bonds is 4. The standard InChI is InChI=1S/C6H12.C5H10/c1-3-5-6-4-2;1-3-5-4-2/h5-6H,3-4H2,1-2H3;3H,1,4-5H2,2H3. The molecule has 11 heavy (non-hydrogen) atoms. The van der Waals surface area contributed by atoms with Gasteiger partial charge in [0.25, 0.3) is 0 Å². The van der Waals surface area contributed by atoms with Crippen molar-refractivity contribution in [2.75, 3.05) is 0 Å². The van der Waals surface area contributed by atoms with Crippen molar-refractivity contribution in [3.05, 3.63) is 24.8 Å². The first-order valence-corrected chi connectivity index (χ1v) is 4.59. The van der Waals surface area contributed by atoms with Gasteiger partial charge in [-0.05, 0) is 19.3 Å². The highest BCUT2D eigenvalue weighted by Gasteiger charge is 1.61. The van der Waals surface area contributed by atoms with Crippen molar-refractivity contribution < 1.29 is 0 Å². The van der Waals surface area contributed by atoms with Crippen molar-refractivity contribution in [1.29, 1.82) is 0 Å². The zero-order valence-electron chi connectivity index (χ0n) is 8.27. The Hall–Kier alpha value is -0.520. The predicted octanol–water partition coefficient (Wildman–Crippen LogP) is 4.34. The lowest BCUT2D eigenvalue weighted by atomic mass is 10.3. The normalized spacial score (nSPS) is 9.00. The summed E-state index contributed by atoms with van der Waals surface area (Å²) < 4.78 is 0. The molecular weight excluding hydrogens is 132 g/mol. The average molecular weight is 154 g/mol. The molecule has 0 atom stereocenters. The number of allylic oxidation sites excluding steroid dienone is 3. The van der Waals surface area contributed by atoms with Gasteiger partial charge in [-0.1, -0.05) is 45.4 Å². The molecule has 0 heteroatoms. The lowest BCUT2D eigenvalue weighted by Crippen LogP contribution is -1.52. The molecule has 0 rings (SSSR count). The van der Waals surface area contributed by atoms with Gasteiger partial charge in [-0.2, -0.15) is 0 Å². The lowest BCUT2D eigenvalue weighted by Gasteiger charge is -1.72. The van der Waals surface area contributed by atoms with Crippen LogP contribution in [0.5, 0.6) is 0 Å². The molecule has 0 spiro atoms. The van der Waals surface area contributed by atoms with E-state index in [4.69, 9.17) is 0 Å². The fraction of sp³-hybridized carbons (Fsp3) is 0.636. The molecule has 0 aliphatic heterocycles. The van der Waals surface area contributed by atoms with Gasteiger partial charge in [-0.3, -0.25) is 0 Å². The summed E-state index contributed by atoms with van der Waals surface area (Å²) in [6.45, 7) is 9.98. The van der Waals surface area contributed by atoms with Gasteiger partial charge in [0.2, 0.25) is 0 Å². The Morgan fingerprint density at radius 2 is 1.45 bits per heavy atom. The van der Waals surface area contributed by atoms with E-state index in [0.29, 0.717) is 0 Å². The summed E-state index contributed by atoms with van der Waals surface area (Å²) in [5, 5.41) is 0. The minimum Gasteiger partial charge on any atom is -0.103 e. The maximum Gasteiger partial charge on any atom is -0.0356 e. The maximum absolute atomic E-state index is 3.55. The molecule has 0 saturated carbocycles. The summed E-state index contributed by atoms with van der Waals surface area (Å²) in [5.74, 6) is 0. The van der Waals surface area contributed by atoms with Crippen LogP contribution in [0.2, 0.25) is 0 Å². The van der Waals surface area contributed by atoms with E-state index in [0.717, 1.165) is 6.42 Å². The van der Waals surface area contributed by atoms with Crippen LogP contribution in [0.3, 0.4) is 0 Å². The first-order valence-electron chi connectivity index (χ1n) is 4.59. The van der Waals surface area contributed by atoms with Gasteiger partial charge in [-0.15, -0.1) is 6.58 Å². The van der Waals surface area contributed by atoms with Crippen molar-refractivity contribution in [1.82, 2.24) is 0 Å². The molecule has 0 saturated heterocycles. The lowest BCUT2D eigenvalue weighted by molar-refractivity contribution is 0.961. The molecule has 0 aliphatic rings. The molecule has 0 fully saturated rings. The van der Waals surface area contributed by atoms with E-state index in [-0.39, 0.29) is 0 Å². The first kappa shape index (κ1) is 13.1. The number of unbranched alkanes of at least 4 members (excludes halogenated alkanes) is 1. The Kier molecular flexibility index (Phi) is 19.3. The highest BCUT2D eigenvalue weighted by molar-refractivity contribution is 4.77. The van der Waals surface area contributed by atoms with Crippen molar-refractivity contribution in [3.8, 4) is 0 Å². The molecule has 66 valence electrons. The van der Waals surface area contributed by atoms with E-state index in [1.165, 1.54) is 19.3 Å². The molecule has 0 aromatic carbocycles. The number of hydrogen-bond donors (Lipinski definition) is 0. The zero-order valence-corrected chi connectivity index (χ0v) is 8.27. The van der Waals surface area contributed by atoms with Gasteiger partial charge in [-0.25, -0.2) is 0 Å². The van der Waals surface area contributed by atoms with Crippen LogP contribution in [0.25, 0.3) is 0 Å². The van der Waals surface area contributed by atoms with E-state index in [9.17, 15) is 0 Å². The number of hydrogen-bond acceptors (Lipinski definition) is 0. The van der Waals surface area contributed by atoms with Gasteiger partial charge in [0.05, 0.1) is 0 Å². The third-order valence-corrected chi connectivity index (χ3v) is 1.13. The quantitative estimate of drug-likeness (QED) is 0.528. The van der Waals surface area contributed by atoms with Crippen LogP contribution in [0.15, 0.2) is 24.8 Å². The summed E-state index contributed by atoms with van der Waals surface area (Å²) in [5.41, 5.74) is 0. The minimum absolute atomic E-state index is 1.15. The van der Waals surface area contributed by atoms with Gasteiger partial charge >= 0.3 is 0 Å². The van der Waals surface area contributed by atoms with Crippen LogP contribution >= 0.6 is 0 Å². The smallest absolute Gasteiger partial charge is 0.0356 e. The second-order valence-electron chi connectivity index (χ2n) is 2.37. The second-order valence-corrected chi connectivity index (χ2v) is 2.37. The van der Waals surface area contributed by atoms with Crippen LogP contribution in [-0.2, 0) is 0 Å². The Morgan fingerprint density at radius 3 is 1.55 bits per heavy atom. The zero-order chi connectivity index (χ0) is 8.95. The Labute approximate surface area is 72.0 Å². The van der Waals surface area contributed by atoms with E-state index >= 15 is 0 Å². The fourth-order valence-electron chi connectivity index (χ4n) is 0.537. The molecule has 0 radical (unpaired) electrons. The van der Waals surface area contributed by atoms with E-state index in [1.54, 1.807) is 0 Å². The molecule has 0 unspecified atom stereocenters. The third kappa shape index (κ3) is 26.4. The SMILES string of the molecule is C=CCCC.CCC=CCC. The van der Waals surface area contributed by atoms with Crippen LogP contribution in [0.4, 0.5) is 0 Å². The fourth-order valence-corrected chi connectivity index (χ4v) is 0.537. The van der Waals surface area contributed by atoms with Crippen LogP contribution in [-0.4, -0.2) is 0 Å². The second kappa shape index (κ2) is 16.2. The van der Waals surface area contributed by atoms with Crippen LogP contribution in [0.1, 0.15) is 46.5 Å². The molecule has 0 aliphatic carbocycles. The van der Waals surface area contributed by atoms with E-state index in [1.807, 2.05) is 6.08 Å². The molecule has 0 aromatic rings. The molecule has 0 bridgehead atoms. The summed E-state index contributed by atoms with van der Waals surface area (Å²) in [4.78, 5) is 0. The van der Waals surface area contributed by atoms with Crippen LogP contribution in [0, 0.1) is 0 Å². The maximum atomic E-state index is 3.55. The van der Waals surface area contributed by atoms with Crippen molar-refractivity contribution in [2.24, 2.45) is 0 Å². The van der Waals surface area contributed by atoms with Gasteiger partial charge < -0.3 is 0 Å². The van der Waals surface area contributed by atoms with E-state index < -0.39 is 0 Å². The molecule has 0 nitrogen and oxygen atoms in total. The average Bonchev–Trinajstić information content (AvgIpc) is 2.04. The Bertz CT molecular complexity index is 74.0. The van der Waals surface area contributed by atoms with E-state index in [2.05, 4.69) is 39.5 Å². The van der Waals surface area contributed by atoms with Gasteiger partial charge in [0.15, 0.2) is 0 Å². The summed E-state index contributed by atoms with van der Waals surface area (Å²) in [6, 6.07) is 0. The molecule has 0 heterocycles. The largest absolute Gasteiger partial charge is 0.103 e. The summed E-state index contributed by atoms with van der Waals surface area (Å²) in [6.07, 6.45) is 11.0. The highest BCUT2D eigenvalue weighted by Crippen LogP contribution is 1.82. The molecular formula is C11H22. The van der Waals surface area contributed by atoms with Crippen LogP contribution < -0.4 is 0 Å². The minimum atomic E-state index is 1.15. The third-order valence-electron chi connectivity index (χ3n) is 1.13. The summed E-state index contributed by atoms with van der Waals surface area (Å²) >= 11 is 0. The topological polar surface area (TPSA) is 0 Å². The summed E-state index contributed by atoms with van der Waals surface area (Å²) in [7, 11) is 0. The molecule has 0 amide bonds. The molecule has 0 aromatic heterocycles. The predicted molar refractivity (Wildman–Crippen MR) is 54.8 cm³/mol. The van der Waals surface area contributed by atoms with Crippen molar-refractivity contribution in [3.63, 3.8) is 0 Å². The first-order chi connectivity index (χ1) is 5.33. The highest BCUT2D eigenvalue weighted by atomic mass is 13.7. The Morgan fingerprint density at radius 1 is 1.00 bits per heavy atom.